The van der Waals surface area contributed by atoms with Gasteiger partial charge in [-0.15, -0.1) is 0 Å². The summed E-state index contributed by atoms with van der Waals surface area (Å²) in [6, 6.07) is 6.04. The third-order valence-corrected chi connectivity index (χ3v) is 4.13. The number of carbonyl (C=O) groups excluding carboxylic acids is 1. The van der Waals surface area contributed by atoms with E-state index in [-0.39, 0.29) is 5.91 Å². The molecule has 1 aromatic carbocycles. The largest absolute Gasteiger partial charge is 0.340 e. The van der Waals surface area contributed by atoms with Gasteiger partial charge in [-0.05, 0) is 57.1 Å². The highest BCUT2D eigenvalue weighted by molar-refractivity contribution is 5.96. The number of rotatable bonds is 4. The summed E-state index contributed by atoms with van der Waals surface area (Å²) in [4.78, 5) is 16.7. The molecule has 1 unspecified atom stereocenters. The van der Waals surface area contributed by atoms with Gasteiger partial charge < -0.3 is 15.2 Å². The highest BCUT2D eigenvalue weighted by Gasteiger charge is 2.24. The number of nitrogens with two attached hydrogens (primary N) is 1. The molecule has 1 aromatic rings. The van der Waals surface area contributed by atoms with E-state index in [0.717, 1.165) is 29.9 Å². The molecule has 5 nitrogen and oxygen atoms in total. The van der Waals surface area contributed by atoms with Gasteiger partial charge in [0.05, 0.1) is 0 Å². The fourth-order valence-corrected chi connectivity index (χ4v) is 2.81. The third-order valence-electron chi connectivity index (χ3n) is 4.13. The fraction of sp³-hybridized carbons (Fsp3) is 0.533. The number of hydrogen-bond donors (Lipinski definition) is 2. The van der Waals surface area contributed by atoms with Gasteiger partial charge in [-0.1, -0.05) is 0 Å². The maximum atomic E-state index is 12.5. The van der Waals surface area contributed by atoms with E-state index in [1.54, 1.807) is 0 Å². The minimum absolute atomic E-state index is 0.0753. The second-order valence-corrected chi connectivity index (χ2v) is 5.64. The van der Waals surface area contributed by atoms with Crippen LogP contribution in [0.1, 0.15) is 28.8 Å². The van der Waals surface area contributed by atoms with Gasteiger partial charge in [-0.25, -0.2) is 0 Å². The first-order chi connectivity index (χ1) is 9.52. The Morgan fingerprint density at radius 3 is 2.85 bits per heavy atom. The maximum absolute atomic E-state index is 12.5. The lowest BCUT2D eigenvalue weighted by Crippen LogP contribution is -2.39. The summed E-state index contributed by atoms with van der Waals surface area (Å²) in [6.07, 6.45) is 2.39. The predicted octanol–water partition coefficient (Wildman–Crippen LogP) is 1.45. The number of hydrogen-bond acceptors (Lipinski definition) is 4. The Balaban J connectivity index is 2.06. The highest BCUT2D eigenvalue weighted by atomic mass is 16.2. The molecule has 1 aliphatic rings. The van der Waals surface area contributed by atoms with Gasteiger partial charge in [-0.3, -0.25) is 10.6 Å². The van der Waals surface area contributed by atoms with Crippen molar-refractivity contribution in [1.82, 2.24) is 9.80 Å². The number of nitrogen functional groups attached to an aromatic ring is 1. The number of aryl methyl sites for hydroxylation is 1. The lowest BCUT2D eigenvalue weighted by molar-refractivity contribution is 0.0761. The molecule has 1 aliphatic heterocycles. The molecule has 0 radical (unpaired) electrons. The van der Waals surface area contributed by atoms with Crippen LogP contribution in [-0.4, -0.2) is 48.9 Å². The second kappa shape index (κ2) is 6.24. The molecule has 1 heterocycles. The first kappa shape index (κ1) is 14.8. The number of anilines is 1. The highest BCUT2D eigenvalue weighted by Crippen LogP contribution is 2.19. The molecule has 5 heteroatoms. The average Bonchev–Trinajstić information content (AvgIpc) is 2.83. The molecule has 2 rings (SSSR count). The van der Waals surface area contributed by atoms with Crippen LogP contribution in [0.4, 0.5) is 5.69 Å². The number of nitrogens with one attached hydrogen (secondary N) is 1. The molecule has 110 valence electrons. The van der Waals surface area contributed by atoms with E-state index in [1.165, 1.54) is 12.8 Å². The number of carbonyl (C=O) groups is 1. The monoisotopic (exact) mass is 276 g/mol. The summed E-state index contributed by atoms with van der Waals surface area (Å²) in [7, 11) is 4.01. The van der Waals surface area contributed by atoms with Gasteiger partial charge in [0, 0.05) is 30.9 Å². The zero-order valence-corrected chi connectivity index (χ0v) is 12.5. The third kappa shape index (κ3) is 3.11. The first-order valence-electron chi connectivity index (χ1n) is 7.06. The Labute approximate surface area is 120 Å². The Morgan fingerprint density at radius 2 is 2.30 bits per heavy atom. The normalized spacial score (nSPS) is 19.1. The molecule has 0 aliphatic carbocycles. The minimum atomic E-state index is 0.0753. The van der Waals surface area contributed by atoms with E-state index in [9.17, 15) is 4.79 Å². The van der Waals surface area contributed by atoms with E-state index in [4.69, 9.17) is 5.84 Å². The number of benzene rings is 1. The molecular weight excluding hydrogens is 252 g/mol. The number of nitrogens with zero attached hydrogens (tertiary/aromatic N) is 2. The molecule has 0 bridgehead atoms. The topological polar surface area (TPSA) is 61.6 Å². The van der Waals surface area contributed by atoms with E-state index in [1.807, 2.05) is 37.1 Å². The van der Waals surface area contributed by atoms with Crippen molar-refractivity contribution in [3.63, 3.8) is 0 Å². The lowest BCUT2D eigenvalue weighted by Gasteiger charge is -2.26. The summed E-state index contributed by atoms with van der Waals surface area (Å²) in [6.45, 7) is 3.85. The Bertz CT molecular complexity index is 489. The lowest BCUT2D eigenvalue weighted by atomic mass is 10.1. The number of likely N-dealkylation sites (N-methyl/N-ethyl adjacent to an activating group) is 2. The summed E-state index contributed by atoms with van der Waals surface area (Å²) < 4.78 is 0. The van der Waals surface area contributed by atoms with Crippen molar-refractivity contribution in [2.75, 3.05) is 32.6 Å². The zero-order chi connectivity index (χ0) is 14.7. The van der Waals surface area contributed by atoms with Gasteiger partial charge in [0.1, 0.15) is 0 Å². The molecule has 1 fully saturated rings. The minimum Gasteiger partial charge on any atom is -0.340 e. The number of amides is 1. The van der Waals surface area contributed by atoms with Gasteiger partial charge >= 0.3 is 0 Å². The molecule has 1 saturated heterocycles. The molecule has 1 amide bonds. The molecular formula is C15H24N4O. The number of hydrazine groups is 1. The van der Waals surface area contributed by atoms with Gasteiger partial charge in [0.2, 0.25) is 0 Å². The van der Waals surface area contributed by atoms with E-state index >= 15 is 0 Å². The number of likely N-dealkylation sites (tertiary alicyclic amines) is 1. The van der Waals surface area contributed by atoms with E-state index in [0.29, 0.717) is 6.04 Å². The SMILES string of the molecule is Cc1cc(NN)ccc1C(=O)N(C)CC1CCCN1C. The summed E-state index contributed by atoms with van der Waals surface area (Å²) in [5.41, 5.74) is 5.10. The van der Waals surface area contributed by atoms with Crippen molar-refractivity contribution in [2.45, 2.75) is 25.8 Å². The van der Waals surface area contributed by atoms with Crippen molar-refractivity contribution in [3.8, 4) is 0 Å². The van der Waals surface area contributed by atoms with E-state index < -0.39 is 0 Å². The van der Waals surface area contributed by atoms with Crippen molar-refractivity contribution < 1.29 is 4.79 Å². The molecule has 0 aromatic heterocycles. The standard InChI is InChI=1S/C15H24N4O/c1-11-9-12(17-16)6-7-14(11)15(20)19(3)10-13-5-4-8-18(13)2/h6-7,9,13,17H,4-5,8,10,16H2,1-3H3. The van der Waals surface area contributed by atoms with Crippen molar-refractivity contribution >= 4 is 11.6 Å². The van der Waals surface area contributed by atoms with Crippen LogP contribution in [0.2, 0.25) is 0 Å². The zero-order valence-electron chi connectivity index (χ0n) is 12.5. The van der Waals surface area contributed by atoms with Crippen molar-refractivity contribution in [3.05, 3.63) is 29.3 Å². The summed E-state index contributed by atoms with van der Waals surface area (Å²) in [5.74, 6) is 5.45. The van der Waals surface area contributed by atoms with Crippen molar-refractivity contribution in [1.29, 1.82) is 0 Å². The maximum Gasteiger partial charge on any atom is 0.253 e. The van der Waals surface area contributed by atoms with Crippen LogP contribution < -0.4 is 11.3 Å². The van der Waals surface area contributed by atoms with Crippen LogP contribution >= 0.6 is 0 Å². The summed E-state index contributed by atoms with van der Waals surface area (Å²) in [5, 5.41) is 0. The van der Waals surface area contributed by atoms with Crippen LogP contribution in [0, 0.1) is 6.92 Å². The average molecular weight is 276 g/mol. The Hall–Kier alpha value is -1.59. The fourth-order valence-electron chi connectivity index (χ4n) is 2.81. The molecule has 1 atom stereocenters. The quantitative estimate of drug-likeness (QED) is 0.645. The second-order valence-electron chi connectivity index (χ2n) is 5.64. The van der Waals surface area contributed by atoms with Crippen LogP contribution in [0.3, 0.4) is 0 Å². The van der Waals surface area contributed by atoms with Gasteiger partial charge in [0.25, 0.3) is 5.91 Å². The first-order valence-corrected chi connectivity index (χ1v) is 7.06. The Morgan fingerprint density at radius 1 is 1.55 bits per heavy atom. The molecule has 0 saturated carbocycles. The van der Waals surface area contributed by atoms with Crippen molar-refractivity contribution in [2.24, 2.45) is 5.84 Å². The predicted molar refractivity (Wildman–Crippen MR) is 81.6 cm³/mol. The molecule has 0 spiro atoms. The van der Waals surface area contributed by atoms with Crippen LogP contribution in [0.5, 0.6) is 0 Å². The molecule has 20 heavy (non-hydrogen) atoms. The van der Waals surface area contributed by atoms with Gasteiger partial charge in [0.15, 0.2) is 0 Å². The molecule has 3 N–H and O–H groups in total. The smallest absolute Gasteiger partial charge is 0.253 e. The van der Waals surface area contributed by atoms with E-state index in [2.05, 4.69) is 17.4 Å². The van der Waals surface area contributed by atoms with Crippen LogP contribution in [0.15, 0.2) is 18.2 Å². The van der Waals surface area contributed by atoms with Crippen LogP contribution in [0.25, 0.3) is 0 Å². The Kier molecular flexibility index (Phi) is 4.62. The van der Waals surface area contributed by atoms with Crippen LogP contribution in [-0.2, 0) is 0 Å². The summed E-state index contributed by atoms with van der Waals surface area (Å²) >= 11 is 0. The van der Waals surface area contributed by atoms with Gasteiger partial charge in [-0.2, -0.15) is 0 Å².